The summed E-state index contributed by atoms with van der Waals surface area (Å²) in [6.45, 7) is 0. The molecule has 0 fully saturated rings. The summed E-state index contributed by atoms with van der Waals surface area (Å²) in [5.41, 5.74) is 8.72. The highest BCUT2D eigenvalue weighted by molar-refractivity contribution is 6.50. The Hall–Kier alpha value is -1.96. The van der Waals surface area contributed by atoms with Crippen LogP contribution in [0.1, 0.15) is 6.42 Å². The average molecular weight is 238 g/mol. The van der Waals surface area contributed by atoms with Crippen molar-refractivity contribution in [2.75, 3.05) is 0 Å². The molecule has 0 atom stereocenters. The summed E-state index contributed by atoms with van der Waals surface area (Å²) in [6, 6.07) is 0. The Morgan fingerprint density at radius 3 is 2.12 bits per heavy atom. The predicted molar refractivity (Wildman–Crippen MR) is 47.6 cm³/mol. The van der Waals surface area contributed by atoms with E-state index in [1.54, 1.807) is 0 Å². The minimum Gasteiger partial charge on any atom is -0.418 e. The highest BCUT2D eigenvalue weighted by Crippen LogP contribution is 2.07. The zero-order chi connectivity index (χ0) is 12.8. The smallest absolute Gasteiger partial charge is 0.418 e. The summed E-state index contributed by atoms with van der Waals surface area (Å²) in [5, 5.41) is 10.1. The topological polar surface area (TPSA) is 79.5 Å². The molecular weight excluding hydrogens is 233 g/mol. The van der Waals surface area contributed by atoms with Crippen molar-refractivity contribution >= 4 is 13.0 Å². The average Bonchev–Trinajstić information content (AvgIpc) is 2.15. The lowest BCUT2D eigenvalue weighted by Gasteiger charge is -1.94. The molecule has 0 aromatic rings. The first-order valence-corrected chi connectivity index (χ1v) is 3.85. The second-order valence-electron chi connectivity index (χ2n) is 2.51. The monoisotopic (exact) mass is 238 g/mol. The number of rotatable bonds is 1. The molecule has 0 spiro atoms. The lowest BCUT2D eigenvalue weighted by molar-refractivity contribution is -0.419. The van der Waals surface area contributed by atoms with E-state index in [9.17, 15) is 27.4 Å². The van der Waals surface area contributed by atoms with Gasteiger partial charge in [0.25, 0.3) is 11.4 Å². The van der Waals surface area contributed by atoms with Crippen LogP contribution in [0, 0.1) is 10.1 Å². The van der Waals surface area contributed by atoms with Crippen LogP contribution in [0.25, 0.3) is 5.53 Å². The molecule has 0 unspecified atom stereocenters. The third kappa shape index (κ3) is 7.45. The quantitative estimate of drug-likeness (QED) is 0.175. The van der Waals surface area contributed by atoms with Crippen LogP contribution in [0.15, 0.2) is 23.9 Å². The minimum atomic E-state index is -6.00. The molecule has 88 valence electrons. The maximum Gasteiger partial charge on any atom is 0.673 e. The number of allylic oxidation sites excluding steroid dienone is 3. The molecule has 1 rings (SSSR count). The first-order chi connectivity index (χ1) is 7.24. The molecule has 16 heavy (non-hydrogen) atoms. The molecule has 0 N–H and O–H groups in total. The van der Waals surface area contributed by atoms with Gasteiger partial charge >= 0.3 is 7.25 Å². The third-order valence-electron chi connectivity index (χ3n) is 1.31. The van der Waals surface area contributed by atoms with E-state index in [1.165, 1.54) is 18.2 Å². The number of nitro groups is 1. The van der Waals surface area contributed by atoms with Gasteiger partial charge in [-0.3, -0.25) is 10.1 Å². The Balaban J connectivity index is 0.000000385. The van der Waals surface area contributed by atoms with Crippen molar-refractivity contribution < 1.29 is 27.0 Å². The second kappa shape index (κ2) is 5.81. The lowest BCUT2D eigenvalue weighted by atomic mass is 10.1. The minimum absolute atomic E-state index is 0.0393. The van der Waals surface area contributed by atoms with Crippen LogP contribution in [0.4, 0.5) is 17.3 Å². The Morgan fingerprint density at radius 1 is 1.38 bits per heavy atom. The molecule has 0 saturated carbocycles. The fraction of sp³-hybridized carbons (Fsp3) is 0.167. The van der Waals surface area contributed by atoms with Crippen LogP contribution in [-0.4, -0.2) is 22.7 Å². The van der Waals surface area contributed by atoms with E-state index >= 15 is 0 Å². The van der Waals surface area contributed by atoms with Crippen LogP contribution in [0.2, 0.25) is 0 Å². The fourth-order valence-electron chi connectivity index (χ4n) is 0.736. The Bertz CT molecular complexity index is 378. The Kier molecular flexibility index (Phi) is 5.10. The van der Waals surface area contributed by atoms with Gasteiger partial charge in [-0.25, -0.2) is 0 Å². The molecule has 1 aliphatic rings. The van der Waals surface area contributed by atoms with Gasteiger partial charge in [0.1, 0.15) is 0 Å². The molecule has 1 aliphatic carbocycles. The van der Waals surface area contributed by atoms with Crippen molar-refractivity contribution in [3.05, 3.63) is 39.6 Å². The zero-order valence-electron chi connectivity index (χ0n) is 7.69. The van der Waals surface area contributed by atoms with Gasteiger partial charge in [-0.2, -0.15) is 4.79 Å². The van der Waals surface area contributed by atoms with Crippen LogP contribution < -0.4 is 0 Å². The maximum absolute atomic E-state index is 10.1. The van der Waals surface area contributed by atoms with E-state index in [2.05, 4.69) is 4.79 Å². The van der Waals surface area contributed by atoms with Crippen molar-refractivity contribution in [2.24, 2.45) is 0 Å². The van der Waals surface area contributed by atoms with E-state index in [0.717, 1.165) is 0 Å². The molecule has 0 aromatic heterocycles. The van der Waals surface area contributed by atoms with Crippen molar-refractivity contribution in [1.82, 2.24) is 0 Å². The van der Waals surface area contributed by atoms with Crippen LogP contribution in [0.3, 0.4) is 0 Å². The highest BCUT2D eigenvalue weighted by atomic mass is 19.5. The molecule has 0 aliphatic heterocycles. The van der Waals surface area contributed by atoms with E-state index in [1.807, 2.05) is 0 Å². The molecule has 0 amide bonds. The van der Waals surface area contributed by atoms with Gasteiger partial charge in [0.05, 0.1) is 11.3 Å². The van der Waals surface area contributed by atoms with E-state index in [0.29, 0.717) is 12.1 Å². The summed E-state index contributed by atoms with van der Waals surface area (Å²) in [7, 11) is -6.00. The second-order valence-corrected chi connectivity index (χ2v) is 2.51. The molecule has 0 aromatic carbocycles. The van der Waals surface area contributed by atoms with Crippen molar-refractivity contribution in [3.63, 3.8) is 0 Å². The van der Waals surface area contributed by atoms with Crippen molar-refractivity contribution in [2.45, 2.75) is 6.42 Å². The summed E-state index contributed by atoms with van der Waals surface area (Å²) in [4.78, 5) is 12.6. The van der Waals surface area contributed by atoms with Gasteiger partial charge in [-0.05, 0) is 0 Å². The van der Waals surface area contributed by atoms with Crippen molar-refractivity contribution in [1.29, 1.82) is 0 Å². The lowest BCUT2D eigenvalue weighted by Crippen LogP contribution is -2.04. The molecule has 0 bridgehead atoms. The van der Waals surface area contributed by atoms with Gasteiger partial charge in [0, 0.05) is 18.2 Å². The fourth-order valence-corrected chi connectivity index (χ4v) is 0.736. The van der Waals surface area contributed by atoms with Gasteiger partial charge in [-0.1, -0.05) is 0 Å². The van der Waals surface area contributed by atoms with Gasteiger partial charge in [0.2, 0.25) is 0 Å². The summed E-state index contributed by atoms with van der Waals surface area (Å²) in [6.07, 6.45) is 4.43. The van der Waals surface area contributed by atoms with Crippen molar-refractivity contribution in [3.8, 4) is 0 Å². The highest BCUT2D eigenvalue weighted by Gasteiger charge is 2.20. The third-order valence-corrected chi connectivity index (χ3v) is 1.31. The molecule has 0 heterocycles. The van der Waals surface area contributed by atoms with Crippen LogP contribution in [-0.2, 0) is 0 Å². The predicted octanol–water partition coefficient (Wildman–Crippen LogP) is 2.08. The van der Waals surface area contributed by atoms with Gasteiger partial charge in [-0.15, -0.1) is 0 Å². The molecule has 0 radical (unpaired) electrons. The Labute approximate surface area is 86.9 Å². The number of hydrogen-bond acceptors (Lipinski definition) is 2. The zero-order valence-corrected chi connectivity index (χ0v) is 7.69. The first kappa shape index (κ1) is 14.0. The van der Waals surface area contributed by atoms with E-state index in [4.69, 9.17) is 5.53 Å². The number of nitrogens with zero attached hydrogens (tertiary/aromatic N) is 3. The largest absolute Gasteiger partial charge is 0.673 e. The molecule has 5 nitrogen and oxygen atoms in total. The summed E-state index contributed by atoms with van der Waals surface area (Å²) >= 11 is 0. The SMILES string of the molecule is F[B-](F)(F)F.[N-]=[N+]=C1C=CC([N+](=O)[O-])=CC1. The molecule has 10 heteroatoms. The number of hydrogen-bond donors (Lipinski definition) is 0. The Morgan fingerprint density at radius 2 is 1.88 bits per heavy atom. The van der Waals surface area contributed by atoms with E-state index in [-0.39, 0.29) is 5.70 Å². The molecule has 0 saturated heterocycles. The summed E-state index contributed by atoms with van der Waals surface area (Å²) < 4.78 is 39.0. The van der Waals surface area contributed by atoms with E-state index < -0.39 is 12.2 Å². The normalized spacial score (nSPS) is 14.5. The van der Waals surface area contributed by atoms with Crippen LogP contribution >= 0.6 is 0 Å². The van der Waals surface area contributed by atoms with Crippen LogP contribution in [0.5, 0.6) is 0 Å². The van der Waals surface area contributed by atoms with Gasteiger partial charge in [0.15, 0.2) is 0 Å². The number of halogens is 4. The van der Waals surface area contributed by atoms with Gasteiger partial charge < -0.3 is 22.8 Å². The summed E-state index contributed by atoms with van der Waals surface area (Å²) in [5.74, 6) is 0. The maximum atomic E-state index is 10.1. The standard InChI is InChI=1S/C6H5N3O2.BF4/c7-8-5-1-3-6(4-2-5)9(10)11;2-1(3,4)5/h1,3-4H,2H2;/q;-1. The molecular formula is C6H5BF4N3O2-. The first-order valence-electron chi connectivity index (χ1n) is 3.85.